The van der Waals surface area contributed by atoms with Gasteiger partial charge in [0.1, 0.15) is 0 Å². The van der Waals surface area contributed by atoms with Crippen molar-refractivity contribution in [2.24, 2.45) is 5.92 Å². The third kappa shape index (κ3) is 3.77. The molecule has 19 heavy (non-hydrogen) atoms. The molecule has 1 aromatic heterocycles. The van der Waals surface area contributed by atoms with E-state index in [-0.39, 0.29) is 0 Å². The van der Waals surface area contributed by atoms with Crippen LogP contribution in [0.5, 0.6) is 0 Å². The van der Waals surface area contributed by atoms with Gasteiger partial charge in [0.15, 0.2) is 0 Å². The second kappa shape index (κ2) is 6.67. The average Bonchev–Trinajstić information content (AvgIpc) is 2.39. The lowest BCUT2D eigenvalue weighted by Gasteiger charge is -2.20. The number of likely N-dealkylation sites (N-methyl/N-ethyl adjacent to an activating group) is 1. The molecular weight excluding hydrogens is 232 g/mol. The minimum atomic E-state index is 0.517. The standard InChI is InChI=1S/C17H24N2/c1-4-18-15(11-13(2)3)12-17-16-8-6-5-7-14(16)9-10-19-17/h5-10,13,15,18H,4,11-12H2,1-3H3. The van der Waals surface area contributed by atoms with E-state index in [1.165, 1.54) is 22.9 Å². The molecule has 1 heterocycles. The van der Waals surface area contributed by atoms with Gasteiger partial charge in [-0.15, -0.1) is 0 Å². The molecule has 0 aliphatic rings. The first-order valence-corrected chi connectivity index (χ1v) is 7.26. The fourth-order valence-electron chi connectivity index (χ4n) is 2.67. The van der Waals surface area contributed by atoms with Crippen LogP contribution in [0, 0.1) is 5.92 Å². The maximum absolute atomic E-state index is 4.60. The molecule has 0 saturated carbocycles. The second-order valence-electron chi connectivity index (χ2n) is 5.57. The summed E-state index contributed by atoms with van der Waals surface area (Å²) >= 11 is 0. The fraction of sp³-hybridized carbons (Fsp3) is 0.471. The Kier molecular flexibility index (Phi) is 4.92. The van der Waals surface area contributed by atoms with Gasteiger partial charge >= 0.3 is 0 Å². The number of benzene rings is 1. The van der Waals surface area contributed by atoms with Crippen LogP contribution in [0.4, 0.5) is 0 Å². The highest BCUT2D eigenvalue weighted by Crippen LogP contribution is 2.19. The molecule has 0 radical (unpaired) electrons. The van der Waals surface area contributed by atoms with E-state index in [2.05, 4.69) is 61.4 Å². The van der Waals surface area contributed by atoms with E-state index in [1.54, 1.807) is 0 Å². The molecule has 0 spiro atoms. The third-order valence-electron chi connectivity index (χ3n) is 3.44. The van der Waals surface area contributed by atoms with E-state index in [4.69, 9.17) is 0 Å². The van der Waals surface area contributed by atoms with Crippen LogP contribution in [0.2, 0.25) is 0 Å². The van der Waals surface area contributed by atoms with Crippen LogP contribution < -0.4 is 5.32 Å². The third-order valence-corrected chi connectivity index (χ3v) is 3.44. The number of aromatic nitrogens is 1. The molecular formula is C17H24N2. The Balaban J connectivity index is 2.23. The molecule has 0 saturated heterocycles. The van der Waals surface area contributed by atoms with Gasteiger partial charge < -0.3 is 5.32 Å². The summed E-state index contributed by atoms with van der Waals surface area (Å²) in [6.07, 6.45) is 4.13. The normalized spacial score (nSPS) is 13.1. The number of hydrogen-bond donors (Lipinski definition) is 1. The Morgan fingerprint density at radius 2 is 1.95 bits per heavy atom. The highest BCUT2D eigenvalue weighted by atomic mass is 14.9. The lowest BCUT2D eigenvalue weighted by Crippen LogP contribution is -2.32. The Morgan fingerprint density at radius 3 is 2.68 bits per heavy atom. The van der Waals surface area contributed by atoms with Crippen molar-refractivity contribution in [2.75, 3.05) is 6.54 Å². The van der Waals surface area contributed by atoms with Gasteiger partial charge in [-0.05, 0) is 30.3 Å². The molecule has 0 fully saturated rings. The molecule has 2 aromatic rings. The first kappa shape index (κ1) is 14.0. The number of rotatable bonds is 6. The van der Waals surface area contributed by atoms with Crippen LogP contribution in [0.15, 0.2) is 36.5 Å². The topological polar surface area (TPSA) is 24.9 Å². The van der Waals surface area contributed by atoms with E-state index < -0.39 is 0 Å². The van der Waals surface area contributed by atoms with Crippen LogP contribution in [0.3, 0.4) is 0 Å². The molecule has 2 nitrogen and oxygen atoms in total. The molecule has 1 aromatic carbocycles. The van der Waals surface area contributed by atoms with Gasteiger partial charge in [0.25, 0.3) is 0 Å². The van der Waals surface area contributed by atoms with E-state index in [1.807, 2.05) is 6.20 Å². The lowest BCUT2D eigenvalue weighted by molar-refractivity contribution is 0.422. The highest BCUT2D eigenvalue weighted by Gasteiger charge is 2.13. The monoisotopic (exact) mass is 256 g/mol. The van der Waals surface area contributed by atoms with Crippen LogP contribution >= 0.6 is 0 Å². The quantitative estimate of drug-likeness (QED) is 0.850. The van der Waals surface area contributed by atoms with Gasteiger partial charge in [-0.2, -0.15) is 0 Å². The van der Waals surface area contributed by atoms with Crippen LogP contribution in [-0.4, -0.2) is 17.6 Å². The van der Waals surface area contributed by atoms with Gasteiger partial charge in [0, 0.05) is 29.7 Å². The van der Waals surface area contributed by atoms with E-state index in [9.17, 15) is 0 Å². The summed E-state index contributed by atoms with van der Waals surface area (Å²) in [6, 6.07) is 11.1. The first-order chi connectivity index (χ1) is 9.20. The number of nitrogens with zero attached hydrogens (tertiary/aromatic N) is 1. The van der Waals surface area contributed by atoms with Crippen molar-refractivity contribution in [2.45, 2.75) is 39.7 Å². The van der Waals surface area contributed by atoms with Gasteiger partial charge in [0.2, 0.25) is 0 Å². The minimum absolute atomic E-state index is 0.517. The molecule has 0 amide bonds. The van der Waals surface area contributed by atoms with Crippen molar-refractivity contribution < 1.29 is 0 Å². The zero-order valence-electron chi connectivity index (χ0n) is 12.2. The maximum atomic E-state index is 4.60. The van der Waals surface area contributed by atoms with Gasteiger partial charge in [0.05, 0.1) is 0 Å². The summed E-state index contributed by atoms with van der Waals surface area (Å²) in [5.74, 6) is 0.707. The summed E-state index contributed by atoms with van der Waals surface area (Å²) in [4.78, 5) is 4.60. The maximum Gasteiger partial charge on any atom is 0.0497 e. The molecule has 2 heteroatoms. The van der Waals surface area contributed by atoms with Gasteiger partial charge in [-0.1, -0.05) is 45.0 Å². The summed E-state index contributed by atoms with van der Waals surface area (Å²) in [5.41, 5.74) is 1.21. The van der Waals surface area contributed by atoms with E-state index >= 15 is 0 Å². The number of fused-ring (bicyclic) bond motifs is 1. The zero-order valence-corrected chi connectivity index (χ0v) is 12.2. The Bertz CT molecular complexity index is 514. The molecule has 0 aliphatic heterocycles. The van der Waals surface area contributed by atoms with Crippen LogP contribution in [0.1, 0.15) is 32.9 Å². The number of hydrogen-bond acceptors (Lipinski definition) is 2. The molecule has 1 N–H and O–H groups in total. The SMILES string of the molecule is CCNC(Cc1nccc2ccccc12)CC(C)C. The summed E-state index contributed by atoms with van der Waals surface area (Å²) in [5, 5.41) is 6.16. The average molecular weight is 256 g/mol. The number of nitrogens with one attached hydrogen (secondary N) is 1. The highest BCUT2D eigenvalue weighted by molar-refractivity contribution is 5.84. The molecule has 0 bridgehead atoms. The smallest absolute Gasteiger partial charge is 0.0497 e. The van der Waals surface area contributed by atoms with Crippen LogP contribution in [0.25, 0.3) is 10.8 Å². The van der Waals surface area contributed by atoms with Gasteiger partial charge in [-0.3, -0.25) is 4.98 Å². The Morgan fingerprint density at radius 1 is 1.16 bits per heavy atom. The first-order valence-electron chi connectivity index (χ1n) is 7.26. The van der Waals surface area contributed by atoms with Gasteiger partial charge in [-0.25, -0.2) is 0 Å². The van der Waals surface area contributed by atoms with Crippen molar-refractivity contribution >= 4 is 10.8 Å². The molecule has 1 unspecified atom stereocenters. The molecule has 0 aliphatic carbocycles. The second-order valence-corrected chi connectivity index (χ2v) is 5.57. The van der Waals surface area contributed by atoms with Crippen molar-refractivity contribution in [1.29, 1.82) is 0 Å². The van der Waals surface area contributed by atoms with E-state index in [0.29, 0.717) is 12.0 Å². The van der Waals surface area contributed by atoms with Crippen LogP contribution in [-0.2, 0) is 6.42 Å². The predicted octanol–water partition coefficient (Wildman–Crippen LogP) is 3.80. The summed E-state index contributed by atoms with van der Waals surface area (Å²) in [7, 11) is 0. The van der Waals surface area contributed by atoms with Crippen molar-refractivity contribution in [1.82, 2.24) is 10.3 Å². The molecule has 1 atom stereocenters. The van der Waals surface area contributed by atoms with Crippen molar-refractivity contribution in [3.8, 4) is 0 Å². The number of pyridine rings is 1. The molecule has 102 valence electrons. The molecule has 2 rings (SSSR count). The predicted molar refractivity (Wildman–Crippen MR) is 82.4 cm³/mol. The lowest BCUT2D eigenvalue weighted by atomic mass is 9.97. The van der Waals surface area contributed by atoms with Crippen molar-refractivity contribution in [3.63, 3.8) is 0 Å². The largest absolute Gasteiger partial charge is 0.314 e. The Hall–Kier alpha value is -1.41. The Labute approximate surface area is 116 Å². The minimum Gasteiger partial charge on any atom is -0.314 e. The fourth-order valence-corrected chi connectivity index (χ4v) is 2.67. The zero-order chi connectivity index (χ0) is 13.7. The van der Waals surface area contributed by atoms with E-state index in [0.717, 1.165) is 13.0 Å². The van der Waals surface area contributed by atoms with Crippen molar-refractivity contribution in [3.05, 3.63) is 42.2 Å². The summed E-state index contributed by atoms with van der Waals surface area (Å²) in [6.45, 7) is 7.74. The summed E-state index contributed by atoms with van der Waals surface area (Å²) < 4.78 is 0.